The highest BCUT2D eigenvalue weighted by atomic mass is 16.2. The first-order chi connectivity index (χ1) is 7.32. The zero-order valence-electron chi connectivity index (χ0n) is 8.55. The third-order valence-corrected chi connectivity index (χ3v) is 3.42. The van der Waals surface area contributed by atoms with Crippen LogP contribution in [0.1, 0.15) is 28.8 Å². The molecular formula is C12H14N2O. The molecule has 2 N–H and O–H groups in total. The highest BCUT2D eigenvalue weighted by Gasteiger charge is 2.42. The molecule has 0 radical (unpaired) electrons. The summed E-state index contributed by atoms with van der Waals surface area (Å²) in [5, 5.41) is 6.50. The number of fused-ring (bicyclic) bond motifs is 2. The third kappa shape index (κ3) is 1.20. The number of carbonyl (C=O) groups excluding carboxylic acids is 1. The van der Waals surface area contributed by atoms with Crippen LogP contribution in [0.2, 0.25) is 0 Å². The largest absolute Gasteiger partial charge is 0.341 e. The van der Waals surface area contributed by atoms with Gasteiger partial charge < -0.3 is 10.6 Å². The van der Waals surface area contributed by atoms with Gasteiger partial charge in [0.25, 0.3) is 5.91 Å². The van der Waals surface area contributed by atoms with Crippen LogP contribution in [0.3, 0.4) is 0 Å². The van der Waals surface area contributed by atoms with Crippen molar-refractivity contribution in [2.45, 2.75) is 18.4 Å². The molecule has 1 saturated heterocycles. The van der Waals surface area contributed by atoms with Gasteiger partial charge in [-0.2, -0.15) is 0 Å². The summed E-state index contributed by atoms with van der Waals surface area (Å²) < 4.78 is 0. The minimum absolute atomic E-state index is 0.0781. The van der Waals surface area contributed by atoms with E-state index < -0.39 is 0 Å². The molecule has 0 aliphatic carbocycles. The van der Waals surface area contributed by atoms with Crippen LogP contribution in [0.5, 0.6) is 0 Å². The van der Waals surface area contributed by atoms with Gasteiger partial charge in [-0.05, 0) is 31.0 Å². The lowest BCUT2D eigenvalue weighted by atomic mass is 9.84. The standard InChI is InChI=1S/C12H14N2O/c15-11-9-4-1-2-5-10(9)12(14-11)6-3-7-13-8-12/h1-2,4-5,13H,3,6-8H2,(H,14,15). The summed E-state index contributed by atoms with van der Waals surface area (Å²) >= 11 is 0. The van der Waals surface area contributed by atoms with E-state index in [1.54, 1.807) is 0 Å². The van der Waals surface area contributed by atoms with Crippen molar-refractivity contribution in [3.05, 3.63) is 35.4 Å². The smallest absolute Gasteiger partial charge is 0.252 e. The van der Waals surface area contributed by atoms with Crippen LogP contribution in [-0.2, 0) is 5.54 Å². The topological polar surface area (TPSA) is 41.1 Å². The van der Waals surface area contributed by atoms with Crippen LogP contribution in [0.25, 0.3) is 0 Å². The van der Waals surface area contributed by atoms with Crippen molar-refractivity contribution in [3.8, 4) is 0 Å². The Morgan fingerprint density at radius 3 is 2.93 bits per heavy atom. The summed E-state index contributed by atoms with van der Waals surface area (Å²) in [7, 11) is 0. The normalized spacial score (nSPS) is 28.9. The van der Waals surface area contributed by atoms with Crippen LogP contribution in [-0.4, -0.2) is 19.0 Å². The second-order valence-electron chi connectivity index (χ2n) is 4.36. The SMILES string of the molecule is O=C1NC2(CCCNC2)c2ccccc21. The van der Waals surface area contributed by atoms with Crippen molar-refractivity contribution >= 4 is 5.91 Å². The summed E-state index contributed by atoms with van der Waals surface area (Å²) in [6.45, 7) is 1.91. The van der Waals surface area contributed by atoms with Crippen molar-refractivity contribution in [1.29, 1.82) is 0 Å². The number of hydrogen-bond donors (Lipinski definition) is 2. The van der Waals surface area contributed by atoms with Gasteiger partial charge in [-0.3, -0.25) is 4.79 Å². The molecule has 78 valence electrons. The molecule has 1 atom stereocenters. The van der Waals surface area contributed by atoms with Gasteiger partial charge in [0.15, 0.2) is 0 Å². The lowest BCUT2D eigenvalue weighted by Gasteiger charge is -2.34. The van der Waals surface area contributed by atoms with Crippen molar-refractivity contribution in [2.75, 3.05) is 13.1 Å². The number of rotatable bonds is 0. The predicted octanol–water partition coefficient (Wildman–Crippen LogP) is 1.01. The molecule has 1 amide bonds. The minimum Gasteiger partial charge on any atom is -0.341 e. The average Bonchev–Trinajstić information content (AvgIpc) is 2.55. The quantitative estimate of drug-likeness (QED) is 0.659. The van der Waals surface area contributed by atoms with E-state index in [1.165, 1.54) is 5.56 Å². The average molecular weight is 202 g/mol. The van der Waals surface area contributed by atoms with Crippen LogP contribution in [0.15, 0.2) is 24.3 Å². The molecule has 0 saturated carbocycles. The molecule has 0 bridgehead atoms. The molecule has 1 aromatic carbocycles. The maximum Gasteiger partial charge on any atom is 0.252 e. The molecule has 1 spiro atoms. The zero-order chi connectivity index (χ0) is 10.3. The fraction of sp³-hybridized carbons (Fsp3) is 0.417. The first kappa shape index (κ1) is 8.92. The zero-order valence-corrected chi connectivity index (χ0v) is 8.55. The molecule has 2 aliphatic heterocycles. The van der Waals surface area contributed by atoms with E-state index in [4.69, 9.17) is 0 Å². The number of amides is 1. The van der Waals surface area contributed by atoms with Crippen LogP contribution in [0, 0.1) is 0 Å². The second-order valence-corrected chi connectivity index (χ2v) is 4.36. The van der Waals surface area contributed by atoms with Gasteiger partial charge in [0.05, 0.1) is 5.54 Å². The maximum absolute atomic E-state index is 11.8. The molecule has 1 aromatic rings. The Morgan fingerprint density at radius 1 is 1.27 bits per heavy atom. The fourth-order valence-corrected chi connectivity index (χ4v) is 2.69. The van der Waals surface area contributed by atoms with E-state index in [2.05, 4.69) is 16.7 Å². The number of nitrogens with one attached hydrogen (secondary N) is 2. The number of benzene rings is 1. The van der Waals surface area contributed by atoms with Crippen LogP contribution in [0.4, 0.5) is 0 Å². The van der Waals surface area contributed by atoms with E-state index >= 15 is 0 Å². The number of carbonyl (C=O) groups is 1. The molecule has 0 aromatic heterocycles. The first-order valence-electron chi connectivity index (χ1n) is 5.45. The van der Waals surface area contributed by atoms with E-state index in [1.807, 2.05) is 18.2 Å². The molecule has 1 fully saturated rings. The Bertz CT molecular complexity index is 408. The third-order valence-electron chi connectivity index (χ3n) is 3.42. The van der Waals surface area contributed by atoms with Crippen molar-refractivity contribution in [2.24, 2.45) is 0 Å². The predicted molar refractivity (Wildman–Crippen MR) is 57.7 cm³/mol. The molecular weight excluding hydrogens is 188 g/mol. The van der Waals surface area contributed by atoms with Gasteiger partial charge in [-0.1, -0.05) is 18.2 Å². The molecule has 3 rings (SSSR count). The van der Waals surface area contributed by atoms with Gasteiger partial charge in [0.2, 0.25) is 0 Å². The van der Waals surface area contributed by atoms with Gasteiger partial charge in [0, 0.05) is 12.1 Å². The van der Waals surface area contributed by atoms with Gasteiger partial charge in [0.1, 0.15) is 0 Å². The summed E-state index contributed by atoms with van der Waals surface area (Å²) in [6.07, 6.45) is 2.16. The van der Waals surface area contributed by atoms with Crippen molar-refractivity contribution in [1.82, 2.24) is 10.6 Å². The van der Waals surface area contributed by atoms with Gasteiger partial charge >= 0.3 is 0 Å². The Hall–Kier alpha value is -1.35. The summed E-state index contributed by atoms with van der Waals surface area (Å²) in [5.41, 5.74) is 1.88. The lowest BCUT2D eigenvalue weighted by Crippen LogP contribution is -2.51. The minimum atomic E-state index is -0.133. The number of hydrogen-bond acceptors (Lipinski definition) is 2. The highest BCUT2D eigenvalue weighted by molar-refractivity contribution is 6.00. The Kier molecular flexibility index (Phi) is 1.83. The molecule has 2 heterocycles. The molecule has 3 nitrogen and oxygen atoms in total. The Labute approximate surface area is 88.9 Å². The monoisotopic (exact) mass is 202 g/mol. The Balaban J connectivity index is 2.10. The van der Waals surface area contributed by atoms with Crippen LogP contribution < -0.4 is 10.6 Å². The lowest BCUT2D eigenvalue weighted by molar-refractivity contribution is 0.0916. The van der Waals surface area contributed by atoms with E-state index in [0.717, 1.165) is 31.5 Å². The summed E-state index contributed by atoms with van der Waals surface area (Å²) in [4.78, 5) is 11.8. The molecule has 2 aliphatic rings. The summed E-state index contributed by atoms with van der Waals surface area (Å²) in [5.74, 6) is 0.0781. The van der Waals surface area contributed by atoms with Crippen molar-refractivity contribution < 1.29 is 4.79 Å². The summed E-state index contributed by atoms with van der Waals surface area (Å²) in [6, 6.07) is 7.91. The second kappa shape index (κ2) is 3.07. The van der Waals surface area contributed by atoms with Gasteiger partial charge in [-0.15, -0.1) is 0 Å². The molecule has 3 heteroatoms. The molecule has 15 heavy (non-hydrogen) atoms. The maximum atomic E-state index is 11.8. The van der Waals surface area contributed by atoms with Crippen LogP contribution >= 0.6 is 0 Å². The molecule has 1 unspecified atom stereocenters. The van der Waals surface area contributed by atoms with Crippen molar-refractivity contribution in [3.63, 3.8) is 0 Å². The Morgan fingerprint density at radius 2 is 2.13 bits per heavy atom. The van der Waals surface area contributed by atoms with Gasteiger partial charge in [-0.25, -0.2) is 0 Å². The first-order valence-corrected chi connectivity index (χ1v) is 5.45. The highest BCUT2D eigenvalue weighted by Crippen LogP contribution is 2.35. The number of piperidine rings is 1. The fourth-order valence-electron chi connectivity index (χ4n) is 2.69. The van der Waals surface area contributed by atoms with E-state index in [0.29, 0.717) is 0 Å². The van der Waals surface area contributed by atoms with E-state index in [-0.39, 0.29) is 11.4 Å². The van der Waals surface area contributed by atoms with E-state index in [9.17, 15) is 4.79 Å².